The topological polar surface area (TPSA) is 12.0 Å². The Labute approximate surface area is 106 Å². The van der Waals surface area contributed by atoms with Crippen LogP contribution in [0, 0.1) is 0 Å². The number of nitrogens with one attached hydrogen (secondary N) is 1. The van der Waals surface area contributed by atoms with E-state index in [0.717, 1.165) is 6.54 Å². The average molecular weight is 302 g/mol. The van der Waals surface area contributed by atoms with Gasteiger partial charge in [0.25, 0.3) is 0 Å². The normalized spacial score (nSPS) is 11.1. The molecule has 0 aliphatic rings. The van der Waals surface area contributed by atoms with Gasteiger partial charge in [-0.15, -0.1) is 23.1 Å². The van der Waals surface area contributed by atoms with Crippen LogP contribution in [0.15, 0.2) is 26.9 Å². The molecule has 1 nitrogen and oxygen atoms in total. The second-order valence-corrected chi connectivity index (χ2v) is 6.12. The minimum Gasteiger partial charge on any atom is -0.316 e. The van der Waals surface area contributed by atoms with Gasteiger partial charge in [0.1, 0.15) is 0 Å². The third kappa shape index (κ3) is 2.09. The number of thioether (sulfide) groups is 1. The van der Waals surface area contributed by atoms with E-state index >= 15 is 0 Å². The molecule has 1 aromatic heterocycles. The Bertz CT molecular complexity index is 479. The van der Waals surface area contributed by atoms with Gasteiger partial charge in [-0.25, -0.2) is 0 Å². The molecule has 4 heteroatoms. The molecule has 0 saturated heterocycles. The van der Waals surface area contributed by atoms with E-state index in [9.17, 15) is 0 Å². The van der Waals surface area contributed by atoms with Gasteiger partial charge in [0, 0.05) is 21.1 Å². The number of fused-ring (bicyclic) bond motifs is 1. The highest BCUT2D eigenvalue weighted by Crippen LogP contribution is 2.42. The smallest absolute Gasteiger partial charge is 0.0751 e. The second kappa shape index (κ2) is 4.87. The van der Waals surface area contributed by atoms with Crippen molar-refractivity contribution in [1.29, 1.82) is 0 Å². The molecule has 0 unspecified atom stereocenters. The Kier molecular flexibility index (Phi) is 3.72. The Hall–Kier alpha value is -0.0300. The molecule has 2 rings (SSSR count). The summed E-state index contributed by atoms with van der Waals surface area (Å²) in [7, 11) is 1.98. The molecular formula is C11H12BrNS2. The van der Waals surface area contributed by atoms with E-state index in [0.29, 0.717) is 0 Å². The third-order valence-corrected chi connectivity index (χ3v) is 6.01. The summed E-state index contributed by atoms with van der Waals surface area (Å²) in [6, 6.07) is 6.48. The van der Waals surface area contributed by atoms with Gasteiger partial charge in [-0.3, -0.25) is 0 Å². The maximum atomic E-state index is 3.67. The highest BCUT2D eigenvalue weighted by atomic mass is 79.9. The van der Waals surface area contributed by atoms with Crippen molar-refractivity contribution in [1.82, 2.24) is 5.32 Å². The highest BCUT2D eigenvalue weighted by molar-refractivity contribution is 9.10. The highest BCUT2D eigenvalue weighted by Gasteiger charge is 2.11. The lowest BCUT2D eigenvalue weighted by Gasteiger charge is -2.00. The molecule has 1 heterocycles. The Morgan fingerprint density at radius 1 is 1.47 bits per heavy atom. The molecule has 80 valence electrons. The zero-order valence-electron chi connectivity index (χ0n) is 8.63. The molecule has 1 N–H and O–H groups in total. The lowest BCUT2D eigenvalue weighted by atomic mass is 10.2. The summed E-state index contributed by atoms with van der Waals surface area (Å²) in [5.41, 5.74) is 1.38. The van der Waals surface area contributed by atoms with Gasteiger partial charge in [-0.1, -0.05) is 18.2 Å². The van der Waals surface area contributed by atoms with Crippen molar-refractivity contribution < 1.29 is 0 Å². The van der Waals surface area contributed by atoms with E-state index < -0.39 is 0 Å². The number of hydrogen-bond donors (Lipinski definition) is 1. The third-order valence-electron chi connectivity index (χ3n) is 2.26. The van der Waals surface area contributed by atoms with Gasteiger partial charge in [-0.05, 0) is 34.8 Å². The van der Waals surface area contributed by atoms with E-state index in [4.69, 9.17) is 0 Å². The zero-order valence-corrected chi connectivity index (χ0v) is 11.9. The molecule has 15 heavy (non-hydrogen) atoms. The molecule has 0 amide bonds. The number of hydrogen-bond acceptors (Lipinski definition) is 3. The Balaban J connectivity index is 2.65. The van der Waals surface area contributed by atoms with Crippen LogP contribution in [0.2, 0.25) is 0 Å². The first-order valence-electron chi connectivity index (χ1n) is 4.66. The second-order valence-electron chi connectivity index (χ2n) is 3.23. The van der Waals surface area contributed by atoms with Crippen LogP contribution in [-0.4, -0.2) is 13.3 Å². The van der Waals surface area contributed by atoms with E-state index in [-0.39, 0.29) is 0 Å². The zero-order chi connectivity index (χ0) is 10.8. The summed E-state index contributed by atoms with van der Waals surface area (Å²) in [6.07, 6.45) is 2.12. The van der Waals surface area contributed by atoms with E-state index in [2.05, 4.69) is 45.7 Å². The van der Waals surface area contributed by atoms with Crippen molar-refractivity contribution in [3.63, 3.8) is 0 Å². The number of benzene rings is 1. The number of halogens is 1. The molecule has 0 aliphatic heterocycles. The van der Waals surface area contributed by atoms with Crippen molar-refractivity contribution in [2.24, 2.45) is 0 Å². The molecular weight excluding hydrogens is 290 g/mol. The fraction of sp³-hybridized carbons (Fsp3) is 0.273. The largest absolute Gasteiger partial charge is 0.316 e. The summed E-state index contributed by atoms with van der Waals surface area (Å²) in [4.78, 5) is 0. The lowest BCUT2D eigenvalue weighted by Crippen LogP contribution is -2.04. The Morgan fingerprint density at radius 3 is 2.93 bits per heavy atom. The van der Waals surface area contributed by atoms with E-state index in [1.807, 2.05) is 18.4 Å². The maximum Gasteiger partial charge on any atom is 0.0751 e. The molecule has 2 aromatic rings. The van der Waals surface area contributed by atoms with Crippen molar-refractivity contribution in [3.05, 3.63) is 28.2 Å². The molecule has 0 atom stereocenters. The van der Waals surface area contributed by atoms with Gasteiger partial charge in [-0.2, -0.15) is 0 Å². The fourth-order valence-corrected chi connectivity index (χ4v) is 4.59. The summed E-state index contributed by atoms with van der Waals surface area (Å²) < 4.78 is 3.99. The first-order chi connectivity index (χ1) is 7.27. The van der Waals surface area contributed by atoms with Crippen molar-refractivity contribution in [2.75, 3.05) is 13.3 Å². The molecule has 1 aromatic carbocycles. The SMILES string of the molecule is CNCc1cccc2c(Br)c(SC)sc12. The van der Waals surface area contributed by atoms with Crippen molar-refractivity contribution in [2.45, 2.75) is 10.8 Å². The van der Waals surface area contributed by atoms with Gasteiger partial charge in [0.2, 0.25) is 0 Å². The van der Waals surface area contributed by atoms with Crippen LogP contribution in [0.1, 0.15) is 5.56 Å². The molecule has 0 saturated carbocycles. The van der Waals surface area contributed by atoms with Crippen LogP contribution in [0.3, 0.4) is 0 Å². The van der Waals surface area contributed by atoms with Crippen LogP contribution in [-0.2, 0) is 6.54 Å². The minimum atomic E-state index is 0.929. The maximum absolute atomic E-state index is 3.67. The van der Waals surface area contributed by atoms with Crippen LogP contribution < -0.4 is 5.32 Å². The predicted octanol–water partition coefficient (Wildman–Crippen LogP) is 4.11. The molecule has 0 radical (unpaired) electrons. The van der Waals surface area contributed by atoms with Gasteiger partial charge in [0.05, 0.1) is 4.21 Å². The van der Waals surface area contributed by atoms with Crippen molar-refractivity contribution in [3.8, 4) is 0 Å². The van der Waals surface area contributed by atoms with Crippen molar-refractivity contribution >= 4 is 49.1 Å². The molecule has 0 spiro atoms. The molecule has 0 aliphatic carbocycles. The van der Waals surface area contributed by atoms with E-state index in [1.165, 1.54) is 24.3 Å². The van der Waals surface area contributed by atoms with E-state index in [1.54, 1.807) is 11.8 Å². The monoisotopic (exact) mass is 301 g/mol. The van der Waals surface area contributed by atoms with Gasteiger partial charge >= 0.3 is 0 Å². The lowest BCUT2D eigenvalue weighted by molar-refractivity contribution is 0.824. The van der Waals surface area contributed by atoms with Crippen LogP contribution in [0.4, 0.5) is 0 Å². The average Bonchev–Trinajstić information content (AvgIpc) is 2.58. The summed E-state index contributed by atoms with van der Waals surface area (Å²) >= 11 is 7.33. The first kappa shape index (κ1) is 11.5. The van der Waals surface area contributed by atoms with Crippen LogP contribution >= 0.6 is 39.0 Å². The molecule has 0 fully saturated rings. The van der Waals surface area contributed by atoms with Crippen LogP contribution in [0.25, 0.3) is 10.1 Å². The predicted molar refractivity (Wildman–Crippen MR) is 74.1 cm³/mol. The van der Waals surface area contributed by atoms with Gasteiger partial charge < -0.3 is 5.32 Å². The quantitative estimate of drug-likeness (QED) is 0.857. The summed E-state index contributed by atoms with van der Waals surface area (Å²) in [6.45, 7) is 0.929. The minimum absolute atomic E-state index is 0.929. The summed E-state index contributed by atoms with van der Waals surface area (Å²) in [5, 5.41) is 4.54. The fourth-order valence-electron chi connectivity index (χ4n) is 1.59. The summed E-state index contributed by atoms with van der Waals surface area (Å²) in [5.74, 6) is 0. The number of rotatable bonds is 3. The number of thiophene rings is 1. The van der Waals surface area contributed by atoms with Crippen LogP contribution in [0.5, 0.6) is 0 Å². The Morgan fingerprint density at radius 2 is 2.27 bits per heavy atom. The first-order valence-corrected chi connectivity index (χ1v) is 7.49. The standard InChI is InChI=1S/C11H12BrNS2/c1-13-6-7-4-3-5-8-9(12)11(14-2)15-10(7)8/h3-5,13H,6H2,1-2H3. The van der Waals surface area contributed by atoms with Gasteiger partial charge in [0.15, 0.2) is 0 Å². The molecule has 0 bridgehead atoms.